The van der Waals surface area contributed by atoms with Gasteiger partial charge in [0.15, 0.2) is 0 Å². The Balaban J connectivity index is 1.77. The number of para-hydroxylation sites is 1. The Morgan fingerprint density at radius 3 is 2.74 bits per heavy atom. The van der Waals surface area contributed by atoms with Crippen molar-refractivity contribution < 1.29 is 9.18 Å². The predicted molar refractivity (Wildman–Crippen MR) is 75.8 cm³/mol. The summed E-state index contributed by atoms with van der Waals surface area (Å²) in [6.07, 6.45) is 0. The molecule has 5 heteroatoms. The first-order chi connectivity index (χ1) is 9.15. The van der Waals surface area contributed by atoms with Crippen molar-refractivity contribution in [3.05, 3.63) is 52.0 Å². The summed E-state index contributed by atoms with van der Waals surface area (Å²) in [5, 5.41) is 5.56. The van der Waals surface area contributed by atoms with Crippen molar-refractivity contribution in [2.45, 2.75) is 13.5 Å². The zero-order valence-electron chi connectivity index (χ0n) is 10.6. The van der Waals surface area contributed by atoms with Crippen LogP contribution in [0.5, 0.6) is 0 Å². The van der Waals surface area contributed by atoms with Gasteiger partial charge in [-0.3, -0.25) is 4.79 Å². The first-order valence-electron chi connectivity index (χ1n) is 5.95. The molecule has 0 atom stereocenters. The Hall–Kier alpha value is -1.72. The van der Waals surface area contributed by atoms with E-state index in [0.717, 1.165) is 0 Å². The number of amides is 1. The van der Waals surface area contributed by atoms with Gasteiger partial charge in [-0.2, -0.15) is 0 Å². The number of nitrogens with one attached hydrogen (secondary N) is 2. The fourth-order valence-electron chi connectivity index (χ4n) is 1.64. The number of anilines is 1. The second-order valence-corrected chi connectivity index (χ2v) is 5.52. The van der Waals surface area contributed by atoms with E-state index in [-0.39, 0.29) is 18.1 Å². The molecule has 1 aromatic heterocycles. The maximum absolute atomic E-state index is 13.3. The standard InChI is InChI=1S/C14H15FN2OS/c1-10-6-7-11(19-10)8-16-9-14(18)17-13-5-3-2-4-12(13)15/h2-7,16H,8-9H2,1H3,(H,17,18). The lowest BCUT2D eigenvalue weighted by molar-refractivity contribution is -0.115. The van der Waals surface area contributed by atoms with Gasteiger partial charge in [0.25, 0.3) is 0 Å². The molecule has 0 saturated heterocycles. The van der Waals surface area contributed by atoms with Crippen LogP contribution >= 0.6 is 11.3 Å². The van der Waals surface area contributed by atoms with E-state index in [0.29, 0.717) is 6.54 Å². The number of benzene rings is 1. The average molecular weight is 278 g/mol. The molecule has 100 valence electrons. The predicted octanol–water partition coefficient (Wildman–Crippen LogP) is 2.92. The average Bonchev–Trinajstić information content (AvgIpc) is 2.78. The molecule has 3 nitrogen and oxygen atoms in total. The number of hydrogen-bond donors (Lipinski definition) is 2. The van der Waals surface area contributed by atoms with Gasteiger partial charge in [-0.15, -0.1) is 11.3 Å². The molecule has 1 aromatic carbocycles. The number of rotatable bonds is 5. The lowest BCUT2D eigenvalue weighted by atomic mass is 10.3. The largest absolute Gasteiger partial charge is 0.322 e. The van der Waals surface area contributed by atoms with Crippen molar-refractivity contribution in [2.24, 2.45) is 0 Å². The summed E-state index contributed by atoms with van der Waals surface area (Å²) in [6, 6.07) is 10.2. The molecule has 2 aromatic rings. The summed E-state index contributed by atoms with van der Waals surface area (Å²) in [5.74, 6) is -0.678. The van der Waals surface area contributed by atoms with E-state index in [4.69, 9.17) is 0 Å². The molecule has 19 heavy (non-hydrogen) atoms. The first kappa shape index (κ1) is 13.7. The second-order valence-electron chi connectivity index (χ2n) is 4.14. The number of carbonyl (C=O) groups excluding carboxylic acids is 1. The molecule has 1 amide bonds. The normalized spacial score (nSPS) is 10.4. The van der Waals surface area contributed by atoms with Gasteiger partial charge in [0.2, 0.25) is 5.91 Å². The highest BCUT2D eigenvalue weighted by Crippen LogP contribution is 2.14. The minimum Gasteiger partial charge on any atom is -0.322 e. The third-order valence-electron chi connectivity index (χ3n) is 2.53. The van der Waals surface area contributed by atoms with Crippen molar-refractivity contribution in [3.8, 4) is 0 Å². The van der Waals surface area contributed by atoms with Crippen LogP contribution in [0.15, 0.2) is 36.4 Å². The second kappa shape index (κ2) is 6.45. The Labute approximate surface area is 115 Å². The highest BCUT2D eigenvalue weighted by molar-refractivity contribution is 7.11. The van der Waals surface area contributed by atoms with E-state index in [9.17, 15) is 9.18 Å². The Morgan fingerprint density at radius 1 is 1.26 bits per heavy atom. The van der Waals surface area contributed by atoms with Gasteiger partial charge in [-0.05, 0) is 31.2 Å². The highest BCUT2D eigenvalue weighted by atomic mass is 32.1. The van der Waals surface area contributed by atoms with Gasteiger partial charge >= 0.3 is 0 Å². The van der Waals surface area contributed by atoms with Gasteiger partial charge in [0.05, 0.1) is 12.2 Å². The monoisotopic (exact) mass is 278 g/mol. The van der Waals surface area contributed by atoms with E-state index < -0.39 is 5.82 Å². The number of thiophene rings is 1. The molecule has 0 spiro atoms. The van der Waals surface area contributed by atoms with Crippen LogP contribution in [-0.4, -0.2) is 12.5 Å². The van der Waals surface area contributed by atoms with Crippen LogP contribution in [0.2, 0.25) is 0 Å². The van der Waals surface area contributed by atoms with Crippen LogP contribution in [0.4, 0.5) is 10.1 Å². The third-order valence-corrected chi connectivity index (χ3v) is 3.53. The molecular weight excluding hydrogens is 263 g/mol. The van der Waals surface area contributed by atoms with Gasteiger partial charge in [0, 0.05) is 16.3 Å². The quantitative estimate of drug-likeness (QED) is 0.883. The van der Waals surface area contributed by atoms with Gasteiger partial charge in [-0.1, -0.05) is 12.1 Å². The van der Waals surface area contributed by atoms with Crippen LogP contribution in [0, 0.1) is 12.7 Å². The van der Waals surface area contributed by atoms with E-state index >= 15 is 0 Å². The molecule has 0 aliphatic carbocycles. The Kier molecular flexibility index (Phi) is 4.65. The van der Waals surface area contributed by atoms with Crippen molar-refractivity contribution in [1.29, 1.82) is 0 Å². The lowest BCUT2D eigenvalue weighted by Gasteiger charge is -2.06. The third kappa shape index (κ3) is 4.15. The van der Waals surface area contributed by atoms with Crippen molar-refractivity contribution in [2.75, 3.05) is 11.9 Å². The first-order valence-corrected chi connectivity index (χ1v) is 6.77. The maximum atomic E-state index is 13.3. The molecule has 0 fully saturated rings. The smallest absolute Gasteiger partial charge is 0.238 e. The fourth-order valence-corrected chi connectivity index (χ4v) is 2.50. The minimum atomic E-state index is -0.426. The Bertz CT molecular complexity index is 568. The molecule has 0 aliphatic heterocycles. The molecule has 0 aliphatic rings. The number of halogens is 1. The van der Waals surface area contributed by atoms with Crippen LogP contribution < -0.4 is 10.6 Å². The van der Waals surface area contributed by atoms with Crippen molar-refractivity contribution >= 4 is 22.9 Å². The van der Waals surface area contributed by atoms with Crippen molar-refractivity contribution in [1.82, 2.24) is 5.32 Å². The van der Waals surface area contributed by atoms with Crippen LogP contribution in [-0.2, 0) is 11.3 Å². The highest BCUT2D eigenvalue weighted by Gasteiger charge is 2.05. The lowest BCUT2D eigenvalue weighted by Crippen LogP contribution is -2.27. The van der Waals surface area contributed by atoms with Gasteiger partial charge < -0.3 is 10.6 Å². The topological polar surface area (TPSA) is 41.1 Å². The molecule has 2 rings (SSSR count). The van der Waals surface area contributed by atoms with Crippen LogP contribution in [0.25, 0.3) is 0 Å². The van der Waals surface area contributed by atoms with Crippen LogP contribution in [0.1, 0.15) is 9.75 Å². The fraction of sp³-hybridized carbons (Fsp3) is 0.214. The molecule has 1 heterocycles. The van der Waals surface area contributed by atoms with Gasteiger partial charge in [0.1, 0.15) is 5.82 Å². The molecule has 0 saturated carbocycles. The summed E-state index contributed by atoms with van der Waals surface area (Å²) in [5.41, 5.74) is 0.210. The zero-order valence-corrected chi connectivity index (χ0v) is 11.4. The summed E-state index contributed by atoms with van der Waals surface area (Å²) in [7, 11) is 0. The van der Waals surface area contributed by atoms with Crippen LogP contribution in [0.3, 0.4) is 0 Å². The summed E-state index contributed by atoms with van der Waals surface area (Å²) in [4.78, 5) is 14.0. The summed E-state index contributed by atoms with van der Waals surface area (Å²) in [6.45, 7) is 2.84. The Morgan fingerprint density at radius 2 is 2.05 bits per heavy atom. The molecule has 0 bridgehead atoms. The summed E-state index contributed by atoms with van der Waals surface area (Å²) >= 11 is 1.69. The zero-order chi connectivity index (χ0) is 13.7. The molecule has 2 N–H and O–H groups in total. The summed E-state index contributed by atoms with van der Waals surface area (Å²) < 4.78 is 13.3. The number of carbonyl (C=O) groups is 1. The molecular formula is C14H15FN2OS. The molecule has 0 radical (unpaired) electrons. The van der Waals surface area contributed by atoms with E-state index in [2.05, 4.69) is 10.6 Å². The molecule has 0 unspecified atom stereocenters. The van der Waals surface area contributed by atoms with E-state index in [1.165, 1.54) is 21.9 Å². The minimum absolute atomic E-state index is 0.158. The van der Waals surface area contributed by atoms with E-state index in [1.54, 1.807) is 23.5 Å². The van der Waals surface area contributed by atoms with Crippen molar-refractivity contribution in [3.63, 3.8) is 0 Å². The number of aryl methyl sites for hydroxylation is 1. The SMILES string of the molecule is Cc1ccc(CNCC(=O)Nc2ccccc2F)s1. The number of hydrogen-bond acceptors (Lipinski definition) is 3. The van der Waals surface area contributed by atoms with Gasteiger partial charge in [-0.25, -0.2) is 4.39 Å². The maximum Gasteiger partial charge on any atom is 0.238 e. The van der Waals surface area contributed by atoms with E-state index in [1.807, 2.05) is 19.1 Å².